The Hall–Kier alpha value is -2.02. The highest BCUT2D eigenvalue weighted by Gasteiger charge is 2.26. The number of likely N-dealkylation sites (tertiary alicyclic amines) is 1. The van der Waals surface area contributed by atoms with E-state index in [-0.39, 0.29) is 29.8 Å². The van der Waals surface area contributed by atoms with Crippen molar-refractivity contribution in [3.8, 4) is 0 Å². The first-order valence-corrected chi connectivity index (χ1v) is 7.62. The first kappa shape index (κ1) is 17.3. The first-order valence-electron chi connectivity index (χ1n) is 7.62. The number of nitrogens with two attached hydrogens (primary N) is 1. The number of rotatable bonds is 4. The van der Waals surface area contributed by atoms with Gasteiger partial charge in [0.25, 0.3) is 0 Å². The molecule has 126 valence electrons. The van der Waals surface area contributed by atoms with E-state index in [4.69, 9.17) is 5.73 Å². The zero-order valence-corrected chi connectivity index (χ0v) is 13.0. The molecule has 2 amide bonds. The van der Waals surface area contributed by atoms with Crippen molar-refractivity contribution in [2.75, 3.05) is 13.1 Å². The van der Waals surface area contributed by atoms with Crippen molar-refractivity contribution >= 4 is 11.8 Å². The number of carbonyl (C=O) groups excluding carboxylic acids is 2. The Morgan fingerprint density at radius 1 is 1.43 bits per heavy atom. The Balaban J connectivity index is 2.15. The van der Waals surface area contributed by atoms with Crippen molar-refractivity contribution in [1.29, 1.82) is 0 Å². The van der Waals surface area contributed by atoms with E-state index in [0.29, 0.717) is 13.1 Å². The number of hydrogen-bond donors (Lipinski definition) is 2. The van der Waals surface area contributed by atoms with Crippen LogP contribution in [0.5, 0.6) is 0 Å². The lowest BCUT2D eigenvalue weighted by Gasteiger charge is -2.32. The third kappa shape index (κ3) is 4.72. The summed E-state index contributed by atoms with van der Waals surface area (Å²) < 4.78 is 27.0. The quantitative estimate of drug-likeness (QED) is 0.880. The van der Waals surface area contributed by atoms with Gasteiger partial charge in [0.1, 0.15) is 11.6 Å². The van der Waals surface area contributed by atoms with Gasteiger partial charge in [-0.05, 0) is 18.9 Å². The summed E-state index contributed by atoms with van der Waals surface area (Å²) in [4.78, 5) is 25.4. The Morgan fingerprint density at radius 3 is 2.78 bits per heavy atom. The summed E-state index contributed by atoms with van der Waals surface area (Å²) in [7, 11) is 0. The molecule has 5 nitrogen and oxygen atoms in total. The molecule has 2 atom stereocenters. The van der Waals surface area contributed by atoms with Crippen LogP contribution in [0.1, 0.15) is 37.8 Å². The van der Waals surface area contributed by atoms with Crippen LogP contribution >= 0.6 is 0 Å². The van der Waals surface area contributed by atoms with Crippen LogP contribution in [0.25, 0.3) is 0 Å². The highest BCUT2D eigenvalue weighted by Crippen LogP contribution is 2.23. The van der Waals surface area contributed by atoms with E-state index in [9.17, 15) is 18.4 Å². The average molecular weight is 325 g/mol. The number of halogens is 2. The lowest BCUT2D eigenvalue weighted by atomic mass is 10.0. The van der Waals surface area contributed by atoms with Gasteiger partial charge in [-0.15, -0.1) is 0 Å². The minimum Gasteiger partial charge on any atom is -0.349 e. The number of nitrogens with one attached hydrogen (secondary N) is 1. The molecular formula is C16H21F2N3O2. The Bertz CT molecular complexity index is 595. The molecule has 1 aromatic carbocycles. The Kier molecular flexibility index (Phi) is 5.65. The van der Waals surface area contributed by atoms with E-state index in [1.165, 1.54) is 13.0 Å². The van der Waals surface area contributed by atoms with Crippen LogP contribution in [0.4, 0.5) is 8.78 Å². The minimum absolute atomic E-state index is 0.0607. The lowest BCUT2D eigenvalue weighted by Crippen LogP contribution is -2.46. The molecule has 1 saturated heterocycles. The summed E-state index contributed by atoms with van der Waals surface area (Å²) in [6.45, 7) is 2.35. The molecule has 0 unspecified atom stereocenters. The van der Waals surface area contributed by atoms with E-state index >= 15 is 0 Å². The van der Waals surface area contributed by atoms with Crippen LogP contribution in [0.15, 0.2) is 18.2 Å². The minimum atomic E-state index is -0.834. The molecule has 1 fully saturated rings. The molecule has 0 aliphatic carbocycles. The van der Waals surface area contributed by atoms with Crippen molar-refractivity contribution < 1.29 is 18.4 Å². The fourth-order valence-corrected chi connectivity index (χ4v) is 2.81. The second kappa shape index (κ2) is 7.50. The van der Waals surface area contributed by atoms with Gasteiger partial charge in [0.2, 0.25) is 11.8 Å². The van der Waals surface area contributed by atoms with Gasteiger partial charge in [-0.2, -0.15) is 0 Å². The van der Waals surface area contributed by atoms with Crippen molar-refractivity contribution in [2.45, 2.75) is 38.3 Å². The van der Waals surface area contributed by atoms with Gasteiger partial charge < -0.3 is 16.0 Å². The van der Waals surface area contributed by atoms with Crippen LogP contribution in [-0.4, -0.2) is 35.8 Å². The summed E-state index contributed by atoms with van der Waals surface area (Å²) in [5.74, 6) is -2.09. The zero-order chi connectivity index (χ0) is 17.0. The van der Waals surface area contributed by atoms with Crippen molar-refractivity contribution in [2.24, 2.45) is 5.73 Å². The van der Waals surface area contributed by atoms with Gasteiger partial charge in [0.05, 0.1) is 12.5 Å². The highest BCUT2D eigenvalue weighted by molar-refractivity contribution is 5.79. The van der Waals surface area contributed by atoms with Gasteiger partial charge in [-0.3, -0.25) is 9.59 Å². The number of hydrogen-bond acceptors (Lipinski definition) is 3. The number of nitrogens with zero attached hydrogens (tertiary/aromatic N) is 1. The normalized spacial score (nSPS) is 19.3. The molecule has 1 aliphatic rings. The van der Waals surface area contributed by atoms with Gasteiger partial charge in [-0.1, -0.05) is 6.07 Å². The SMILES string of the molecule is CC(=O)N[C@H](CC(=O)N1CCC[C@H](N)C1)c1ccc(F)cc1F. The maximum Gasteiger partial charge on any atom is 0.225 e. The van der Waals surface area contributed by atoms with E-state index in [1.54, 1.807) is 4.90 Å². The molecule has 3 N–H and O–H groups in total. The van der Waals surface area contributed by atoms with Gasteiger partial charge in [0.15, 0.2) is 0 Å². The van der Waals surface area contributed by atoms with Crippen molar-refractivity contribution in [3.05, 3.63) is 35.4 Å². The third-order valence-corrected chi connectivity index (χ3v) is 3.90. The van der Waals surface area contributed by atoms with Gasteiger partial charge in [0, 0.05) is 37.7 Å². The average Bonchev–Trinajstić information content (AvgIpc) is 2.46. The highest BCUT2D eigenvalue weighted by atomic mass is 19.1. The van der Waals surface area contributed by atoms with E-state index < -0.39 is 17.7 Å². The van der Waals surface area contributed by atoms with Crippen LogP contribution in [0, 0.1) is 11.6 Å². The summed E-state index contributed by atoms with van der Waals surface area (Å²) in [5, 5.41) is 2.56. The van der Waals surface area contributed by atoms with Crippen molar-refractivity contribution in [3.63, 3.8) is 0 Å². The van der Waals surface area contributed by atoms with Crippen molar-refractivity contribution in [1.82, 2.24) is 10.2 Å². The molecule has 0 spiro atoms. The lowest BCUT2D eigenvalue weighted by molar-refractivity contribution is -0.133. The van der Waals surface area contributed by atoms with E-state index in [1.807, 2.05) is 0 Å². The van der Waals surface area contributed by atoms with Gasteiger partial charge in [-0.25, -0.2) is 8.78 Å². The predicted octanol–water partition coefficient (Wildman–Crippen LogP) is 1.48. The van der Waals surface area contributed by atoms with Gasteiger partial charge >= 0.3 is 0 Å². The van der Waals surface area contributed by atoms with Crippen LogP contribution in [0.2, 0.25) is 0 Å². The smallest absolute Gasteiger partial charge is 0.225 e. The fourth-order valence-electron chi connectivity index (χ4n) is 2.81. The van der Waals surface area contributed by atoms with E-state index in [0.717, 1.165) is 25.0 Å². The maximum absolute atomic E-state index is 14.0. The molecule has 1 aliphatic heterocycles. The molecule has 0 bridgehead atoms. The molecular weight excluding hydrogens is 304 g/mol. The number of benzene rings is 1. The Labute approximate surface area is 133 Å². The van der Waals surface area contributed by atoms with Crippen LogP contribution < -0.4 is 11.1 Å². The molecule has 1 aromatic rings. The predicted molar refractivity (Wildman–Crippen MR) is 81.3 cm³/mol. The Morgan fingerprint density at radius 2 is 2.17 bits per heavy atom. The summed E-state index contributed by atoms with van der Waals surface area (Å²) in [6.07, 6.45) is 1.60. The number of piperidine rings is 1. The van der Waals surface area contributed by atoms with E-state index in [2.05, 4.69) is 5.32 Å². The molecule has 7 heteroatoms. The largest absolute Gasteiger partial charge is 0.349 e. The number of amides is 2. The molecule has 23 heavy (non-hydrogen) atoms. The topological polar surface area (TPSA) is 75.4 Å². The molecule has 0 saturated carbocycles. The standard InChI is InChI=1S/C16H21F2N3O2/c1-10(22)20-15(13-5-4-11(17)7-14(13)18)8-16(23)21-6-2-3-12(19)9-21/h4-5,7,12,15H,2-3,6,8-9,19H2,1H3,(H,20,22)/t12-,15+/m0/s1. The summed E-state index contributed by atoms with van der Waals surface area (Å²) >= 11 is 0. The molecule has 0 aromatic heterocycles. The second-order valence-electron chi connectivity index (χ2n) is 5.87. The molecule has 1 heterocycles. The molecule has 0 radical (unpaired) electrons. The number of carbonyl (C=O) groups is 2. The monoisotopic (exact) mass is 325 g/mol. The first-order chi connectivity index (χ1) is 10.9. The summed E-state index contributed by atoms with van der Waals surface area (Å²) in [5.41, 5.74) is 5.95. The fraction of sp³-hybridized carbons (Fsp3) is 0.500. The molecule has 2 rings (SSSR count). The maximum atomic E-state index is 14.0. The zero-order valence-electron chi connectivity index (χ0n) is 13.0. The van der Waals surface area contributed by atoms with Crippen LogP contribution in [0.3, 0.4) is 0 Å². The van der Waals surface area contributed by atoms with Crippen LogP contribution in [-0.2, 0) is 9.59 Å². The second-order valence-corrected chi connectivity index (χ2v) is 5.87. The third-order valence-electron chi connectivity index (χ3n) is 3.90. The summed E-state index contributed by atoms with van der Waals surface area (Å²) in [6, 6.07) is 2.20.